The lowest BCUT2D eigenvalue weighted by Gasteiger charge is -2.60. The quantitative estimate of drug-likeness (QED) is 0.232. The van der Waals surface area contributed by atoms with Crippen LogP contribution < -0.4 is 26.2 Å². The Labute approximate surface area is 283 Å². The van der Waals surface area contributed by atoms with Crippen molar-refractivity contribution in [2.75, 3.05) is 9.80 Å². The highest BCUT2D eigenvalue weighted by Gasteiger charge is 2.69. The predicted molar refractivity (Wildman–Crippen MR) is 199 cm³/mol. The maximum atomic E-state index is 2.97. The molecule has 4 fully saturated rings. The van der Waals surface area contributed by atoms with Crippen LogP contribution in [0, 0.1) is 37.5 Å². The summed E-state index contributed by atoms with van der Waals surface area (Å²) in [5, 5.41) is 0. The first-order valence-electron chi connectivity index (χ1n) is 19.7. The fraction of sp³-hybridized carbons (Fsp3) is 0.591. The zero-order chi connectivity index (χ0) is 31.8. The summed E-state index contributed by atoms with van der Waals surface area (Å²) in [7, 11) is 0. The van der Waals surface area contributed by atoms with Crippen molar-refractivity contribution in [1.82, 2.24) is 0 Å². The molecule has 11 rings (SSSR count). The summed E-state index contributed by atoms with van der Waals surface area (Å²) in [5.41, 5.74) is 17.9. The first-order valence-corrected chi connectivity index (χ1v) is 19.7. The fourth-order valence-corrected chi connectivity index (χ4v) is 14.9. The van der Waals surface area contributed by atoms with Crippen LogP contribution in [-0.4, -0.2) is 17.8 Å². The Morgan fingerprint density at radius 2 is 1.04 bits per heavy atom. The van der Waals surface area contributed by atoms with Gasteiger partial charge in [-0.15, -0.1) is 0 Å². The number of fused-ring (bicyclic) bond motifs is 14. The van der Waals surface area contributed by atoms with Gasteiger partial charge in [0.1, 0.15) is 0 Å². The number of nitrogens with zero attached hydrogens (tertiary/aromatic N) is 2. The second-order valence-corrected chi connectivity index (χ2v) is 18.6. The molecule has 242 valence electrons. The van der Waals surface area contributed by atoms with Crippen LogP contribution in [0.2, 0.25) is 0 Å². The summed E-state index contributed by atoms with van der Waals surface area (Å²) in [5.74, 6) is 3.33. The summed E-state index contributed by atoms with van der Waals surface area (Å²) in [6.45, 7) is 15.9. The van der Waals surface area contributed by atoms with Gasteiger partial charge in [0.25, 0.3) is 6.71 Å². The molecule has 4 aliphatic heterocycles. The minimum atomic E-state index is 0.0953. The molecule has 4 aliphatic carbocycles. The number of hydrogen-bond donors (Lipinski definition) is 0. The van der Waals surface area contributed by atoms with E-state index in [1.54, 1.807) is 38.9 Å². The molecule has 3 heteroatoms. The van der Waals surface area contributed by atoms with Crippen LogP contribution in [0.15, 0.2) is 42.5 Å². The highest BCUT2D eigenvalue weighted by atomic mass is 15.3. The average Bonchev–Trinajstić information content (AvgIpc) is 3.41. The van der Waals surface area contributed by atoms with E-state index < -0.39 is 0 Å². The Hall–Kier alpha value is -2.68. The normalized spacial score (nSPS) is 39.7. The molecule has 0 amide bonds. The standard InChI is InChI=1S/C44H53BN2/c1-26-22-32-39-34(24-26)45-35-25-27(2)23-33-40(35)47(42(4)21-19-29-13-8-10-15-31(29)44(33,42)6)37-17-11-16-36(38(37)45)46(39)41(3)20-18-28-12-7-9-14-30(28)43(32,41)5/h11,16-17,22-25,28-31H,7-10,12-15,18-21H2,1-6H3. The number of rotatable bonds is 0. The van der Waals surface area contributed by atoms with E-state index in [-0.39, 0.29) is 21.9 Å². The molecule has 0 N–H and O–H groups in total. The van der Waals surface area contributed by atoms with Gasteiger partial charge in [0.2, 0.25) is 0 Å². The Morgan fingerprint density at radius 3 is 1.51 bits per heavy atom. The summed E-state index contributed by atoms with van der Waals surface area (Å²) < 4.78 is 0. The summed E-state index contributed by atoms with van der Waals surface area (Å²) >= 11 is 0. The third-order valence-electron chi connectivity index (χ3n) is 17.1. The van der Waals surface area contributed by atoms with Crippen molar-refractivity contribution in [3.63, 3.8) is 0 Å². The summed E-state index contributed by atoms with van der Waals surface area (Å²) in [6.07, 6.45) is 16.8. The Morgan fingerprint density at radius 1 is 0.596 bits per heavy atom. The van der Waals surface area contributed by atoms with Gasteiger partial charge < -0.3 is 9.80 Å². The van der Waals surface area contributed by atoms with Crippen molar-refractivity contribution >= 4 is 45.9 Å². The van der Waals surface area contributed by atoms with Crippen molar-refractivity contribution in [2.45, 2.75) is 141 Å². The third-order valence-corrected chi connectivity index (χ3v) is 17.1. The van der Waals surface area contributed by atoms with Gasteiger partial charge >= 0.3 is 0 Å². The lowest BCUT2D eigenvalue weighted by atomic mass is 9.33. The first kappa shape index (κ1) is 28.2. The second kappa shape index (κ2) is 8.72. The predicted octanol–water partition coefficient (Wildman–Crippen LogP) is 8.98. The largest absolute Gasteiger partial charge is 0.335 e. The van der Waals surface area contributed by atoms with Gasteiger partial charge in [-0.3, -0.25) is 0 Å². The van der Waals surface area contributed by atoms with Crippen LogP contribution >= 0.6 is 0 Å². The van der Waals surface area contributed by atoms with E-state index in [9.17, 15) is 0 Å². The van der Waals surface area contributed by atoms with E-state index in [0.29, 0.717) is 6.71 Å². The minimum Gasteiger partial charge on any atom is -0.335 e. The number of aryl methyl sites for hydroxylation is 2. The minimum absolute atomic E-state index is 0.0953. The molecule has 0 bridgehead atoms. The molecule has 4 heterocycles. The molecule has 47 heavy (non-hydrogen) atoms. The van der Waals surface area contributed by atoms with Gasteiger partial charge in [0.05, 0.1) is 11.1 Å². The highest BCUT2D eigenvalue weighted by Crippen LogP contribution is 2.69. The van der Waals surface area contributed by atoms with Gasteiger partial charge in [0.15, 0.2) is 0 Å². The van der Waals surface area contributed by atoms with Crippen molar-refractivity contribution in [2.24, 2.45) is 23.7 Å². The molecular formula is C44H53BN2. The molecule has 0 spiro atoms. The van der Waals surface area contributed by atoms with Crippen molar-refractivity contribution < 1.29 is 0 Å². The van der Waals surface area contributed by atoms with E-state index in [1.807, 2.05) is 0 Å². The monoisotopic (exact) mass is 620 g/mol. The topological polar surface area (TPSA) is 6.48 Å². The molecule has 8 aliphatic rings. The van der Waals surface area contributed by atoms with Crippen LogP contribution in [0.25, 0.3) is 0 Å². The lowest BCUT2D eigenvalue weighted by Crippen LogP contribution is -2.68. The lowest BCUT2D eigenvalue weighted by molar-refractivity contribution is 0.0318. The molecule has 0 aromatic heterocycles. The molecule has 2 nitrogen and oxygen atoms in total. The van der Waals surface area contributed by atoms with Crippen LogP contribution in [0.1, 0.15) is 127 Å². The van der Waals surface area contributed by atoms with Crippen LogP contribution in [0.3, 0.4) is 0 Å². The van der Waals surface area contributed by atoms with Gasteiger partial charge in [0, 0.05) is 33.6 Å². The van der Waals surface area contributed by atoms with Crippen molar-refractivity contribution in [3.8, 4) is 0 Å². The molecule has 4 saturated carbocycles. The first-order chi connectivity index (χ1) is 22.6. The van der Waals surface area contributed by atoms with Crippen molar-refractivity contribution in [3.05, 3.63) is 64.7 Å². The number of benzene rings is 3. The van der Waals surface area contributed by atoms with Gasteiger partial charge in [-0.25, -0.2) is 0 Å². The Kier molecular flexibility index (Phi) is 5.23. The van der Waals surface area contributed by atoms with E-state index in [2.05, 4.69) is 93.8 Å². The maximum absolute atomic E-state index is 2.97. The van der Waals surface area contributed by atoms with Crippen LogP contribution in [0.4, 0.5) is 22.7 Å². The fourth-order valence-electron chi connectivity index (χ4n) is 14.9. The highest BCUT2D eigenvalue weighted by molar-refractivity contribution is 7.00. The van der Waals surface area contributed by atoms with Gasteiger partial charge in [-0.2, -0.15) is 0 Å². The summed E-state index contributed by atoms with van der Waals surface area (Å²) in [4.78, 5) is 5.93. The number of anilines is 4. The van der Waals surface area contributed by atoms with E-state index in [4.69, 9.17) is 0 Å². The molecule has 8 unspecified atom stereocenters. The van der Waals surface area contributed by atoms with Crippen molar-refractivity contribution in [1.29, 1.82) is 0 Å². The zero-order valence-corrected chi connectivity index (χ0v) is 29.8. The molecule has 0 radical (unpaired) electrons. The molecule has 8 atom stereocenters. The molecule has 3 aromatic rings. The molecule has 0 saturated heterocycles. The van der Waals surface area contributed by atoms with E-state index in [1.165, 1.54) is 99.6 Å². The van der Waals surface area contributed by atoms with Crippen LogP contribution in [-0.2, 0) is 10.8 Å². The maximum Gasteiger partial charge on any atom is 0.252 e. The Bertz CT molecular complexity index is 1780. The smallest absolute Gasteiger partial charge is 0.252 e. The van der Waals surface area contributed by atoms with E-state index >= 15 is 0 Å². The Balaban J connectivity index is 1.22. The molecular weight excluding hydrogens is 567 g/mol. The third kappa shape index (κ3) is 2.91. The van der Waals surface area contributed by atoms with E-state index in [0.717, 1.165) is 23.7 Å². The SMILES string of the molecule is Cc1cc2c3c(c1)C1(C)C4CCCCC4CCC1(C)N3c1cccc3c1B2c1cc(C)cc2c1N3C1(C)CCC3CCCCC3C21C. The zero-order valence-electron chi connectivity index (χ0n) is 29.8. The average molecular weight is 621 g/mol. The molecule has 3 aromatic carbocycles. The van der Waals surface area contributed by atoms with Gasteiger partial charge in [-0.1, -0.05) is 93.8 Å². The summed E-state index contributed by atoms with van der Waals surface area (Å²) in [6, 6.07) is 18.1. The van der Waals surface area contributed by atoms with Crippen LogP contribution in [0.5, 0.6) is 0 Å². The van der Waals surface area contributed by atoms with Gasteiger partial charge in [-0.05, 0) is 130 Å². The second-order valence-electron chi connectivity index (χ2n) is 18.6. The number of hydrogen-bond acceptors (Lipinski definition) is 2.